The molecular formula is C9H8ClNO. The van der Waals surface area contributed by atoms with Crippen molar-refractivity contribution in [3.63, 3.8) is 0 Å². The largest absolute Gasteiger partial charge is 0.352 e. The molecule has 0 spiro atoms. The van der Waals surface area contributed by atoms with Crippen molar-refractivity contribution in [2.45, 2.75) is 6.42 Å². The first kappa shape index (κ1) is 7.62. The van der Waals surface area contributed by atoms with E-state index in [2.05, 4.69) is 5.32 Å². The molecule has 1 aromatic rings. The van der Waals surface area contributed by atoms with Crippen LogP contribution in [0.15, 0.2) is 18.2 Å². The second-order valence-electron chi connectivity index (χ2n) is 2.81. The molecule has 1 aliphatic rings. The van der Waals surface area contributed by atoms with Gasteiger partial charge in [0.2, 0.25) is 0 Å². The lowest BCUT2D eigenvalue weighted by atomic mass is 10.0. The molecule has 2 nitrogen and oxygen atoms in total. The Labute approximate surface area is 75.5 Å². The summed E-state index contributed by atoms with van der Waals surface area (Å²) in [5.41, 5.74) is 1.80. The summed E-state index contributed by atoms with van der Waals surface area (Å²) in [6.07, 6.45) is 0.901. The van der Waals surface area contributed by atoms with E-state index >= 15 is 0 Å². The van der Waals surface area contributed by atoms with E-state index in [1.54, 1.807) is 6.07 Å². The van der Waals surface area contributed by atoms with Gasteiger partial charge in [-0.25, -0.2) is 0 Å². The van der Waals surface area contributed by atoms with E-state index in [9.17, 15) is 4.79 Å². The maximum Gasteiger partial charge on any atom is 0.251 e. The predicted octanol–water partition coefficient (Wildman–Crippen LogP) is 1.63. The number of amides is 1. The fourth-order valence-corrected chi connectivity index (χ4v) is 1.56. The highest BCUT2D eigenvalue weighted by Gasteiger charge is 2.15. The van der Waals surface area contributed by atoms with Gasteiger partial charge in [0.05, 0.1) is 0 Å². The molecule has 1 heterocycles. The van der Waals surface area contributed by atoms with Gasteiger partial charge >= 0.3 is 0 Å². The molecule has 12 heavy (non-hydrogen) atoms. The van der Waals surface area contributed by atoms with Gasteiger partial charge in [-0.15, -0.1) is 0 Å². The third-order valence-electron chi connectivity index (χ3n) is 2.00. The Morgan fingerprint density at radius 2 is 2.25 bits per heavy atom. The minimum atomic E-state index is -0.0150. The second-order valence-corrected chi connectivity index (χ2v) is 3.24. The summed E-state index contributed by atoms with van der Waals surface area (Å²) >= 11 is 5.76. The number of benzene rings is 1. The third-order valence-corrected chi connectivity index (χ3v) is 2.23. The Bertz CT molecular complexity index is 335. The fourth-order valence-electron chi connectivity index (χ4n) is 1.38. The lowest BCUT2D eigenvalue weighted by Gasteiger charge is -2.15. The van der Waals surface area contributed by atoms with Gasteiger partial charge in [0, 0.05) is 17.1 Å². The minimum absolute atomic E-state index is 0.0150. The van der Waals surface area contributed by atoms with E-state index in [-0.39, 0.29) is 5.91 Å². The summed E-state index contributed by atoms with van der Waals surface area (Å²) in [7, 11) is 0. The lowest BCUT2D eigenvalue weighted by molar-refractivity contribution is 0.0946. The number of hydrogen-bond donors (Lipinski definition) is 1. The van der Waals surface area contributed by atoms with Crippen molar-refractivity contribution >= 4 is 17.5 Å². The molecule has 1 N–H and O–H groups in total. The topological polar surface area (TPSA) is 29.1 Å². The maximum atomic E-state index is 11.3. The first-order valence-electron chi connectivity index (χ1n) is 3.84. The molecule has 62 valence electrons. The maximum absolute atomic E-state index is 11.3. The molecule has 0 aromatic heterocycles. The van der Waals surface area contributed by atoms with Gasteiger partial charge < -0.3 is 5.32 Å². The molecule has 0 unspecified atom stereocenters. The molecule has 1 aliphatic heterocycles. The zero-order valence-electron chi connectivity index (χ0n) is 6.43. The van der Waals surface area contributed by atoms with E-state index in [1.807, 2.05) is 12.1 Å². The molecule has 0 saturated carbocycles. The highest BCUT2D eigenvalue weighted by atomic mass is 35.5. The van der Waals surface area contributed by atoms with Crippen molar-refractivity contribution in [2.24, 2.45) is 0 Å². The molecule has 0 aliphatic carbocycles. The van der Waals surface area contributed by atoms with Crippen molar-refractivity contribution in [1.82, 2.24) is 5.32 Å². The normalized spacial score (nSPS) is 15.2. The molecule has 3 heteroatoms. The standard InChI is InChI=1S/C9H8ClNO/c10-7-2-1-6-3-4-11-9(12)8(6)5-7/h1-2,5H,3-4H2,(H,11,12). The summed E-state index contributed by atoms with van der Waals surface area (Å²) in [5.74, 6) is -0.0150. The predicted molar refractivity (Wildman–Crippen MR) is 47.5 cm³/mol. The first-order valence-corrected chi connectivity index (χ1v) is 4.22. The highest BCUT2D eigenvalue weighted by molar-refractivity contribution is 6.31. The Hall–Kier alpha value is -1.02. The molecule has 0 atom stereocenters. The Morgan fingerprint density at radius 1 is 1.42 bits per heavy atom. The van der Waals surface area contributed by atoms with E-state index in [1.165, 1.54) is 0 Å². The number of hydrogen-bond acceptors (Lipinski definition) is 1. The fraction of sp³-hybridized carbons (Fsp3) is 0.222. The molecule has 0 radical (unpaired) electrons. The lowest BCUT2D eigenvalue weighted by Crippen LogP contribution is -2.31. The minimum Gasteiger partial charge on any atom is -0.352 e. The van der Waals surface area contributed by atoms with Crippen LogP contribution in [-0.4, -0.2) is 12.5 Å². The van der Waals surface area contributed by atoms with E-state index in [0.29, 0.717) is 10.6 Å². The first-order chi connectivity index (χ1) is 5.77. The zero-order chi connectivity index (χ0) is 8.55. The van der Waals surface area contributed by atoms with Crippen LogP contribution in [0, 0.1) is 0 Å². The Kier molecular flexibility index (Phi) is 1.77. The van der Waals surface area contributed by atoms with Crippen molar-refractivity contribution in [2.75, 3.05) is 6.54 Å². The zero-order valence-corrected chi connectivity index (χ0v) is 7.19. The molecule has 1 aromatic carbocycles. The van der Waals surface area contributed by atoms with E-state index < -0.39 is 0 Å². The quantitative estimate of drug-likeness (QED) is 0.648. The molecule has 0 saturated heterocycles. The van der Waals surface area contributed by atoms with Crippen LogP contribution in [0.5, 0.6) is 0 Å². The van der Waals surface area contributed by atoms with Crippen LogP contribution >= 0.6 is 11.6 Å². The average Bonchev–Trinajstić information content (AvgIpc) is 2.07. The van der Waals surface area contributed by atoms with Crippen molar-refractivity contribution in [3.8, 4) is 0 Å². The van der Waals surface area contributed by atoms with Crippen LogP contribution < -0.4 is 5.32 Å². The summed E-state index contributed by atoms with van der Waals surface area (Å²) in [5, 5.41) is 3.38. The average molecular weight is 182 g/mol. The number of carbonyl (C=O) groups is 1. The van der Waals surface area contributed by atoms with Gasteiger partial charge in [-0.2, -0.15) is 0 Å². The summed E-state index contributed by atoms with van der Waals surface area (Å²) in [6, 6.07) is 5.45. The second kappa shape index (κ2) is 2.79. The summed E-state index contributed by atoms with van der Waals surface area (Å²) < 4.78 is 0. The van der Waals surface area contributed by atoms with Crippen LogP contribution in [0.1, 0.15) is 15.9 Å². The molecule has 0 fully saturated rings. The molecular weight excluding hydrogens is 174 g/mol. The third kappa shape index (κ3) is 1.18. The van der Waals surface area contributed by atoms with Gasteiger partial charge in [0.25, 0.3) is 5.91 Å². The van der Waals surface area contributed by atoms with Crippen LogP contribution in [0.3, 0.4) is 0 Å². The van der Waals surface area contributed by atoms with E-state index in [4.69, 9.17) is 11.6 Å². The number of nitrogens with one attached hydrogen (secondary N) is 1. The number of rotatable bonds is 0. The number of carbonyl (C=O) groups excluding carboxylic acids is 1. The Balaban J connectivity index is 2.54. The van der Waals surface area contributed by atoms with Gasteiger partial charge in [0.15, 0.2) is 0 Å². The summed E-state index contributed by atoms with van der Waals surface area (Å²) in [6.45, 7) is 0.730. The van der Waals surface area contributed by atoms with Crippen molar-refractivity contribution in [3.05, 3.63) is 34.3 Å². The molecule has 1 amide bonds. The molecule has 2 rings (SSSR count). The SMILES string of the molecule is O=C1NCCc2ccc(Cl)cc21. The monoisotopic (exact) mass is 181 g/mol. The van der Waals surface area contributed by atoms with Crippen LogP contribution in [0.25, 0.3) is 0 Å². The number of halogens is 1. The van der Waals surface area contributed by atoms with Crippen molar-refractivity contribution in [1.29, 1.82) is 0 Å². The summed E-state index contributed by atoms with van der Waals surface area (Å²) in [4.78, 5) is 11.3. The number of fused-ring (bicyclic) bond motifs is 1. The highest BCUT2D eigenvalue weighted by Crippen LogP contribution is 2.18. The van der Waals surface area contributed by atoms with Crippen LogP contribution in [0.2, 0.25) is 5.02 Å². The van der Waals surface area contributed by atoms with Gasteiger partial charge in [0.1, 0.15) is 0 Å². The Morgan fingerprint density at radius 3 is 3.08 bits per heavy atom. The van der Waals surface area contributed by atoms with Crippen LogP contribution in [0.4, 0.5) is 0 Å². The van der Waals surface area contributed by atoms with E-state index in [0.717, 1.165) is 18.5 Å². The smallest absolute Gasteiger partial charge is 0.251 e. The van der Waals surface area contributed by atoms with Crippen molar-refractivity contribution < 1.29 is 4.79 Å². The van der Waals surface area contributed by atoms with Gasteiger partial charge in [-0.05, 0) is 24.1 Å². The van der Waals surface area contributed by atoms with Crippen LogP contribution in [-0.2, 0) is 6.42 Å². The molecule has 0 bridgehead atoms. The van der Waals surface area contributed by atoms with Gasteiger partial charge in [-0.1, -0.05) is 17.7 Å². The van der Waals surface area contributed by atoms with Gasteiger partial charge in [-0.3, -0.25) is 4.79 Å².